The molecule has 7 nitrogen and oxygen atoms in total. The molecule has 0 aromatic heterocycles. The smallest absolute Gasteiger partial charge is 0.264 e. The summed E-state index contributed by atoms with van der Waals surface area (Å²) in [6.07, 6.45) is 0. The van der Waals surface area contributed by atoms with Crippen molar-refractivity contribution in [2.24, 2.45) is 4.99 Å². The lowest BCUT2D eigenvalue weighted by atomic mass is 10.1. The SMILES string of the molecule is COc1ccc(S(=O)(=O)NC2=NCN(C(C)(C)C)CN2)cc1. The maximum absolute atomic E-state index is 12.3. The van der Waals surface area contributed by atoms with Crippen LogP contribution in [0.2, 0.25) is 0 Å². The number of aliphatic imine (C=N–C) groups is 1. The molecule has 0 bridgehead atoms. The quantitative estimate of drug-likeness (QED) is 0.864. The second-order valence-electron chi connectivity index (χ2n) is 5.97. The van der Waals surface area contributed by atoms with Gasteiger partial charge in [0.25, 0.3) is 10.0 Å². The number of sulfonamides is 1. The molecule has 0 spiro atoms. The molecule has 0 saturated carbocycles. The Balaban J connectivity index is 2.08. The zero-order valence-electron chi connectivity index (χ0n) is 13.3. The highest BCUT2D eigenvalue weighted by Crippen LogP contribution is 2.16. The minimum atomic E-state index is -3.66. The molecule has 2 N–H and O–H groups in total. The summed E-state index contributed by atoms with van der Waals surface area (Å²) >= 11 is 0. The summed E-state index contributed by atoms with van der Waals surface area (Å²) in [4.78, 5) is 6.50. The molecule has 1 heterocycles. The van der Waals surface area contributed by atoms with Crippen LogP contribution in [-0.4, -0.2) is 45.3 Å². The Morgan fingerprint density at radius 3 is 2.36 bits per heavy atom. The molecular weight excluding hydrogens is 304 g/mol. The van der Waals surface area contributed by atoms with Crippen molar-refractivity contribution in [3.63, 3.8) is 0 Å². The number of guanidine groups is 1. The third-order valence-electron chi connectivity index (χ3n) is 3.39. The summed E-state index contributed by atoms with van der Waals surface area (Å²) in [5.41, 5.74) is -0.0309. The van der Waals surface area contributed by atoms with Crippen molar-refractivity contribution in [1.82, 2.24) is 14.9 Å². The fraction of sp³-hybridized carbons (Fsp3) is 0.500. The Morgan fingerprint density at radius 2 is 1.91 bits per heavy atom. The van der Waals surface area contributed by atoms with Gasteiger partial charge in [-0.1, -0.05) is 0 Å². The lowest BCUT2D eigenvalue weighted by molar-refractivity contribution is 0.130. The maximum Gasteiger partial charge on any atom is 0.264 e. The van der Waals surface area contributed by atoms with E-state index in [9.17, 15) is 8.42 Å². The summed E-state index contributed by atoms with van der Waals surface area (Å²) in [6.45, 7) is 7.22. The third-order valence-corrected chi connectivity index (χ3v) is 4.74. The van der Waals surface area contributed by atoms with Crippen LogP contribution in [0.4, 0.5) is 0 Å². The second kappa shape index (κ2) is 6.13. The van der Waals surface area contributed by atoms with Gasteiger partial charge in [-0.2, -0.15) is 0 Å². The number of hydrogen-bond donors (Lipinski definition) is 2. The number of benzene rings is 1. The Bertz CT molecular complexity index is 648. The van der Waals surface area contributed by atoms with Crippen LogP contribution in [0.3, 0.4) is 0 Å². The predicted molar refractivity (Wildman–Crippen MR) is 85.2 cm³/mol. The average Bonchev–Trinajstić information content (AvgIpc) is 2.46. The van der Waals surface area contributed by atoms with Crippen molar-refractivity contribution in [3.8, 4) is 5.75 Å². The highest BCUT2D eigenvalue weighted by Gasteiger charge is 2.25. The first-order chi connectivity index (χ1) is 10.2. The third kappa shape index (κ3) is 3.89. The van der Waals surface area contributed by atoms with Crippen LogP contribution in [0, 0.1) is 0 Å². The molecule has 0 fully saturated rings. The van der Waals surface area contributed by atoms with Crippen molar-refractivity contribution in [2.45, 2.75) is 31.2 Å². The number of methoxy groups -OCH3 is 1. The number of nitrogens with one attached hydrogen (secondary N) is 2. The van der Waals surface area contributed by atoms with E-state index in [1.165, 1.54) is 19.2 Å². The summed E-state index contributed by atoms with van der Waals surface area (Å²) < 4.78 is 32.1. The van der Waals surface area contributed by atoms with E-state index in [0.717, 1.165) is 0 Å². The molecule has 1 aliphatic rings. The van der Waals surface area contributed by atoms with Crippen molar-refractivity contribution >= 4 is 16.0 Å². The molecule has 1 aromatic rings. The number of hydrogen-bond acceptors (Lipinski definition) is 6. The van der Waals surface area contributed by atoms with Crippen LogP contribution >= 0.6 is 0 Å². The van der Waals surface area contributed by atoms with Gasteiger partial charge in [0.1, 0.15) is 5.75 Å². The molecule has 0 radical (unpaired) electrons. The number of nitrogens with zero attached hydrogens (tertiary/aromatic N) is 2. The average molecular weight is 326 g/mol. The van der Waals surface area contributed by atoms with E-state index >= 15 is 0 Å². The van der Waals surface area contributed by atoms with Gasteiger partial charge in [-0.15, -0.1) is 0 Å². The molecule has 8 heteroatoms. The van der Waals surface area contributed by atoms with Crippen LogP contribution in [0.1, 0.15) is 20.8 Å². The molecule has 1 aromatic carbocycles. The summed E-state index contributed by atoms with van der Waals surface area (Å²) in [7, 11) is -2.12. The predicted octanol–water partition coefficient (Wildman–Crippen LogP) is 0.948. The Hall–Kier alpha value is -1.80. The molecule has 2 rings (SSSR count). The molecule has 0 atom stereocenters. The van der Waals surface area contributed by atoms with Crippen LogP contribution in [0.15, 0.2) is 34.2 Å². The van der Waals surface area contributed by atoms with Gasteiger partial charge in [-0.25, -0.2) is 18.1 Å². The maximum atomic E-state index is 12.3. The minimum Gasteiger partial charge on any atom is -0.497 e. The normalized spacial score (nSPS) is 16.6. The van der Waals surface area contributed by atoms with Gasteiger partial charge < -0.3 is 10.1 Å². The molecule has 0 saturated heterocycles. The highest BCUT2D eigenvalue weighted by molar-refractivity contribution is 7.90. The highest BCUT2D eigenvalue weighted by atomic mass is 32.2. The van der Waals surface area contributed by atoms with Gasteiger partial charge in [0.05, 0.1) is 25.3 Å². The zero-order chi connectivity index (χ0) is 16.4. The van der Waals surface area contributed by atoms with Crippen LogP contribution in [0.5, 0.6) is 5.75 Å². The topological polar surface area (TPSA) is 83.0 Å². The van der Waals surface area contributed by atoms with E-state index in [0.29, 0.717) is 19.1 Å². The fourth-order valence-electron chi connectivity index (χ4n) is 1.89. The summed E-state index contributed by atoms with van der Waals surface area (Å²) in [5, 5.41) is 2.99. The van der Waals surface area contributed by atoms with Crippen molar-refractivity contribution in [1.29, 1.82) is 0 Å². The van der Waals surface area contributed by atoms with E-state index in [4.69, 9.17) is 4.74 Å². The molecule has 0 amide bonds. The van der Waals surface area contributed by atoms with E-state index in [1.54, 1.807) is 12.1 Å². The van der Waals surface area contributed by atoms with Gasteiger partial charge in [0.2, 0.25) is 5.96 Å². The largest absolute Gasteiger partial charge is 0.497 e. The zero-order valence-corrected chi connectivity index (χ0v) is 14.1. The second-order valence-corrected chi connectivity index (χ2v) is 7.66. The first kappa shape index (κ1) is 16.6. The van der Waals surface area contributed by atoms with E-state index in [1.807, 2.05) is 0 Å². The van der Waals surface area contributed by atoms with Crippen LogP contribution < -0.4 is 14.8 Å². The van der Waals surface area contributed by atoms with Crippen LogP contribution in [0.25, 0.3) is 0 Å². The molecule has 22 heavy (non-hydrogen) atoms. The van der Waals surface area contributed by atoms with Gasteiger partial charge in [-0.3, -0.25) is 4.90 Å². The number of ether oxygens (including phenoxy) is 1. The van der Waals surface area contributed by atoms with Gasteiger partial charge in [-0.05, 0) is 45.0 Å². The lowest BCUT2D eigenvalue weighted by Crippen LogP contribution is -2.55. The molecule has 122 valence electrons. The summed E-state index contributed by atoms with van der Waals surface area (Å²) in [5.74, 6) is 0.865. The van der Waals surface area contributed by atoms with Gasteiger partial charge >= 0.3 is 0 Å². The van der Waals surface area contributed by atoms with Crippen LogP contribution in [-0.2, 0) is 10.0 Å². The molecule has 0 aliphatic carbocycles. The standard InChI is InChI=1S/C14H22N4O3S/c1-14(2,3)18-9-15-13(16-10-18)17-22(19,20)12-7-5-11(21-4)6-8-12/h5-8H,9-10H2,1-4H3,(H2,15,16,17). The van der Waals surface area contributed by atoms with Crippen molar-refractivity contribution in [3.05, 3.63) is 24.3 Å². The van der Waals surface area contributed by atoms with E-state index in [2.05, 4.69) is 40.7 Å². The Morgan fingerprint density at radius 1 is 1.27 bits per heavy atom. The van der Waals surface area contributed by atoms with Crippen molar-refractivity contribution < 1.29 is 13.2 Å². The fourth-order valence-corrected chi connectivity index (χ4v) is 2.89. The van der Waals surface area contributed by atoms with E-state index in [-0.39, 0.29) is 16.4 Å². The first-order valence-electron chi connectivity index (χ1n) is 6.92. The van der Waals surface area contributed by atoms with Gasteiger partial charge in [0, 0.05) is 5.54 Å². The van der Waals surface area contributed by atoms with E-state index < -0.39 is 10.0 Å². The monoisotopic (exact) mass is 326 g/mol. The molecule has 1 aliphatic heterocycles. The molecular formula is C14H22N4O3S. The Labute approximate surface area is 131 Å². The molecule has 0 unspecified atom stereocenters. The Kier molecular flexibility index (Phi) is 4.62. The summed E-state index contributed by atoms with van der Waals surface area (Å²) in [6, 6.07) is 6.19. The minimum absolute atomic E-state index is 0.0309. The first-order valence-corrected chi connectivity index (χ1v) is 8.41. The van der Waals surface area contributed by atoms with Gasteiger partial charge in [0.15, 0.2) is 0 Å². The number of rotatable bonds is 3. The lowest BCUT2D eigenvalue weighted by Gasteiger charge is -2.37. The van der Waals surface area contributed by atoms with Crippen molar-refractivity contribution in [2.75, 3.05) is 20.4 Å².